The minimum absolute atomic E-state index is 0.0848. The van der Waals surface area contributed by atoms with Gasteiger partial charge in [0, 0.05) is 37.6 Å². The molecule has 0 aromatic carbocycles. The Hall–Kier alpha value is -0.910. The molecule has 1 fully saturated rings. The summed E-state index contributed by atoms with van der Waals surface area (Å²) in [5.74, 6) is 0.942. The van der Waals surface area contributed by atoms with Gasteiger partial charge in [-0.15, -0.1) is 0 Å². The number of aromatic amines is 1. The van der Waals surface area contributed by atoms with E-state index in [0.29, 0.717) is 6.04 Å². The largest absolute Gasteiger partial charge is 0.368 e. The average molecular weight is 238 g/mol. The number of nitrogens with zero attached hydrogens (tertiary/aromatic N) is 2. The van der Waals surface area contributed by atoms with Crippen LogP contribution in [0.5, 0.6) is 0 Å². The molecule has 0 saturated carbocycles. The fourth-order valence-electron chi connectivity index (χ4n) is 1.89. The third kappa shape index (κ3) is 3.52. The van der Waals surface area contributed by atoms with Crippen LogP contribution in [-0.4, -0.2) is 47.7 Å². The Bertz CT molecular complexity index is 350. The van der Waals surface area contributed by atoms with E-state index in [4.69, 9.17) is 4.74 Å². The number of rotatable bonds is 4. The molecule has 2 rings (SSSR count). The fourth-order valence-corrected chi connectivity index (χ4v) is 1.89. The number of ether oxygens (including phenoxy) is 1. The van der Waals surface area contributed by atoms with Gasteiger partial charge in [0.25, 0.3) is 0 Å². The molecule has 5 heteroatoms. The molecule has 0 radical (unpaired) electrons. The second kappa shape index (κ2) is 5.62. The third-order valence-electron chi connectivity index (χ3n) is 2.92. The molecule has 1 aromatic heterocycles. The highest BCUT2D eigenvalue weighted by Crippen LogP contribution is 2.18. The predicted octanol–water partition coefficient (Wildman–Crippen LogP) is 0.911. The van der Waals surface area contributed by atoms with Crippen LogP contribution in [0.15, 0.2) is 6.20 Å². The molecule has 1 atom stereocenters. The fraction of sp³-hybridized carbons (Fsp3) is 0.750. The second-order valence-electron chi connectivity index (χ2n) is 4.95. The Morgan fingerprint density at radius 3 is 3.18 bits per heavy atom. The van der Waals surface area contributed by atoms with Crippen molar-refractivity contribution in [3.63, 3.8) is 0 Å². The molecular formula is C12H22N4O. The van der Waals surface area contributed by atoms with Crippen molar-refractivity contribution in [2.45, 2.75) is 32.5 Å². The number of aromatic nitrogens is 2. The number of likely N-dealkylation sites (N-methyl/N-ethyl adjacent to an activating group) is 1. The molecule has 1 aliphatic heterocycles. The molecule has 5 nitrogen and oxygen atoms in total. The molecular weight excluding hydrogens is 216 g/mol. The maximum absolute atomic E-state index is 5.72. The van der Waals surface area contributed by atoms with E-state index in [2.05, 4.69) is 41.1 Å². The third-order valence-corrected chi connectivity index (χ3v) is 2.92. The van der Waals surface area contributed by atoms with Crippen LogP contribution >= 0.6 is 0 Å². The van der Waals surface area contributed by atoms with Crippen molar-refractivity contribution in [2.75, 3.05) is 26.7 Å². The zero-order valence-electron chi connectivity index (χ0n) is 10.9. The summed E-state index contributed by atoms with van der Waals surface area (Å²) in [6, 6.07) is 0.485. The highest BCUT2D eigenvalue weighted by molar-refractivity contribution is 5.04. The van der Waals surface area contributed by atoms with E-state index in [-0.39, 0.29) is 6.10 Å². The first-order valence-electron chi connectivity index (χ1n) is 6.22. The molecule has 17 heavy (non-hydrogen) atoms. The summed E-state index contributed by atoms with van der Waals surface area (Å²) < 4.78 is 5.72. The first kappa shape index (κ1) is 12.5. The highest BCUT2D eigenvalue weighted by atomic mass is 16.5. The van der Waals surface area contributed by atoms with E-state index < -0.39 is 0 Å². The van der Waals surface area contributed by atoms with Gasteiger partial charge in [0.2, 0.25) is 0 Å². The van der Waals surface area contributed by atoms with Gasteiger partial charge in [0.05, 0.1) is 6.61 Å². The van der Waals surface area contributed by atoms with Crippen molar-refractivity contribution < 1.29 is 4.74 Å². The second-order valence-corrected chi connectivity index (χ2v) is 4.95. The summed E-state index contributed by atoms with van der Waals surface area (Å²) in [5, 5.41) is 3.36. The van der Waals surface area contributed by atoms with Gasteiger partial charge in [-0.3, -0.25) is 0 Å². The minimum atomic E-state index is 0.0848. The Morgan fingerprint density at radius 2 is 2.47 bits per heavy atom. The molecule has 0 spiro atoms. The number of imidazole rings is 1. The molecule has 0 aliphatic carbocycles. The molecule has 0 bridgehead atoms. The van der Waals surface area contributed by atoms with Crippen molar-refractivity contribution in [2.24, 2.45) is 0 Å². The lowest BCUT2D eigenvalue weighted by Gasteiger charge is -2.28. The standard InChI is InChI=1S/C12H22N4O/c1-9(2)13-6-10-7-14-12(15-10)11-8-16(3)4-5-17-11/h7,9,11,13H,4-6,8H2,1-3H3,(H,14,15). The Labute approximate surface area is 103 Å². The van der Waals surface area contributed by atoms with Gasteiger partial charge in [-0.2, -0.15) is 0 Å². The Kier molecular flexibility index (Phi) is 4.15. The number of H-pyrrole nitrogens is 1. The maximum atomic E-state index is 5.72. The van der Waals surface area contributed by atoms with Crippen LogP contribution in [-0.2, 0) is 11.3 Å². The summed E-state index contributed by atoms with van der Waals surface area (Å²) in [6.45, 7) is 7.78. The zero-order chi connectivity index (χ0) is 12.3. The van der Waals surface area contributed by atoms with Crippen LogP contribution in [0.2, 0.25) is 0 Å². The molecule has 0 amide bonds. The average Bonchev–Trinajstić information content (AvgIpc) is 2.75. The van der Waals surface area contributed by atoms with Crippen molar-refractivity contribution in [1.29, 1.82) is 0 Å². The monoisotopic (exact) mass is 238 g/mol. The lowest BCUT2D eigenvalue weighted by molar-refractivity contribution is -0.0251. The summed E-state index contributed by atoms with van der Waals surface area (Å²) in [4.78, 5) is 10.0. The first-order chi connectivity index (χ1) is 8.15. The Balaban J connectivity index is 1.92. The maximum Gasteiger partial charge on any atom is 0.136 e. The van der Waals surface area contributed by atoms with Crippen LogP contribution < -0.4 is 5.32 Å². The summed E-state index contributed by atoms with van der Waals surface area (Å²) in [5.41, 5.74) is 1.12. The predicted molar refractivity (Wildman–Crippen MR) is 66.8 cm³/mol. The molecule has 2 heterocycles. The minimum Gasteiger partial charge on any atom is -0.368 e. The van der Waals surface area contributed by atoms with Gasteiger partial charge in [0.15, 0.2) is 0 Å². The lowest BCUT2D eigenvalue weighted by Crippen LogP contribution is -2.35. The van der Waals surface area contributed by atoms with E-state index in [1.165, 1.54) is 0 Å². The quantitative estimate of drug-likeness (QED) is 0.818. The molecule has 1 unspecified atom stereocenters. The van der Waals surface area contributed by atoms with Crippen LogP contribution in [0.25, 0.3) is 0 Å². The lowest BCUT2D eigenvalue weighted by atomic mass is 10.3. The Morgan fingerprint density at radius 1 is 1.65 bits per heavy atom. The normalized spacial score (nSPS) is 22.2. The van der Waals surface area contributed by atoms with Gasteiger partial charge in [-0.05, 0) is 7.05 Å². The van der Waals surface area contributed by atoms with Crippen molar-refractivity contribution in [3.8, 4) is 0 Å². The highest BCUT2D eigenvalue weighted by Gasteiger charge is 2.21. The van der Waals surface area contributed by atoms with E-state index in [1.54, 1.807) is 0 Å². The van der Waals surface area contributed by atoms with Crippen LogP contribution in [0.4, 0.5) is 0 Å². The number of hydrogen-bond acceptors (Lipinski definition) is 4. The smallest absolute Gasteiger partial charge is 0.136 e. The van der Waals surface area contributed by atoms with Crippen molar-refractivity contribution in [3.05, 3.63) is 17.7 Å². The summed E-state index contributed by atoms with van der Waals surface area (Å²) >= 11 is 0. The van der Waals surface area contributed by atoms with E-state index in [0.717, 1.165) is 37.8 Å². The summed E-state index contributed by atoms with van der Waals surface area (Å²) in [7, 11) is 2.11. The molecule has 2 N–H and O–H groups in total. The topological polar surface area (TPSA) is 53.2 Å². The van der Waals surface area contributed by atoms with Gasteiger partial charge < -0.3 is 19.9 Å². The summed E-state index contributed by atoms with van der Waals surface area (Å²) in [6.07, 6.45) is 1.98. The molecule has 1 saturated heterocycles. The van der Waals surface area contributed by atoms with E-state index in [9.17, 15) is 0 Å². The number of hydrogen-bond donors (Lipinski definition) is 2. The van der Waals surface area contributed by atoms with E-state index in [1.807, 2.05) is 6.20 Å². The van der Waals surface area contributed by atoms with E-state index >= 15 is 0 Å². The van der Waals surface area contributed by atoms with Gasteiger partial charge in [-0.25, -0.2) is 4.98 Å². The van der Waals surface area contributed by atoms with Crippen molar-refractivity contribution in [1.82, 2.24) is 20.2 Å². The van der Waals surface area contributed by atoms with Gasteiger partial charge in [0.1, 0.15) is 11.9 Å². The molecule has 1 aromatic rings. The van der Waals surface area contributed by atoms with Crippen molar-refractivity contribution >= 4 is 0 Å². The van der Waals surface area contributed by atoms with Crippen LogP contribution in [0.3, 0.4) is 0 Å². The molecule has 1 aliphatic rings. The zero-order valence-corrected chi connectivity index (χ0v) is 10.9. The van der Waals surface area contributed by atoms with Crippen LogP contribution in [0, 0.1) is 0 Å². The number of nitrogens with one attached hydrogen (secondary N) is 2. The first-order valence-corrected chi connectivity index (χ1v) is 6.22. The SMILES string of the molecule is CC(C)NCc1cnc(C2CN(C)CCO2)[nH]1. The number of morpholine rings is 1. The molecule has 96 valence electrons. The van der Waals surface area contributed by atoms with Gasteiger partial charge in [-0.1, -0.05) is 13.8 Å². The van der Waals surface area contributed by atoms with Crippen LogP contribution in [0.1, 0.15) is 31.5 Å². The van der Waals surface area contributed by atoms with Gasteiger partial charge >= 0.3 is 0 Å².